The quantitative estimate of drug-likeness (QED) is 0.781. The fourth-order valence-electron chi connectivity index (χ4n) is 2.48. The van der Waals surface area contributed by atoms with Crippen LogP contribution in [0.3, 0.4) is 0 Å². The van der Waals surface area contributed by atoms with Gasteiger partial charge in [0.05, 0.1) is 18.2 Å². The molecule has 5 nitrogen and oxygen atoms in total. The summed E-state index contributed by atoms with van der Waals surface area (Å²) < 4.78 is 11.0. The van der Waals surface area contributed by atoms with Crippen molar-refractivity contribution in [3.8, 4) is 5.75 Å². The van der Waals surface area contributed by atoms with E-state index in [1.807, 2.05) is 37.3 Å². The van der Waals surface area contributed by atoms with Crippen molar-refractivity contribution in [2.24, 2.45) is 5.92 Å². The molecule has 0 aromatic heterocycles. The Bertz CT molecular complexity index is 740. The second kappa shape index (κ2) is 7.83. The Balaban J connectivity index is 1.80. The third-order valence-electron chi connectivity index (χ3n) is 3.93. The van der Waals surface area contributed by atoms with E-state index in [-0.39, 0.29) is 11.9 Å². The van der Waals surface area contributed by atoms with Crippen LogP contribution in [0.25, 0.3) is 0 Å². The van der Waals surface area contributed by atoms with E-state index in [2.05, 4.69) is 5.32 Å². The van der Waals surface area contributed by atoms with Gasteiger partial charge in [-0.05, 0) is 31.9 Å². The molecule has 0 radical (unpaired) electrons. The topological polar surface area (TPSA) is 64.6 Å². The lowest BCUT2D eigenvalue weighted by Crippen LogP contribution is -2.26. The minimum Gasteiger partial charge on any atom is -0.492 e. The van der Waals surface area contributed by atoms with E-state index in [1.54, 1.807) is 24.3 Å². The van der Waals surface area contributed by atoms with Gasteiger partial charge in [0.25, 0.3) is 5.91 Å². The van der Waals surface area contributed by atoms with Crippen molar-refractivity contribution in [2.45, 2.75) is 25.9 Å². The van der Waals surface area contributed by atoms with Crippen molar-refractivity contribution in [3.63, 3.8) is 0 Å². The average Bonchev–Trinajstić information content (AvgIpc) is 3.47. The molecule has 3 rings (SSSR count). The lowest BCUT2D eigenvalue weighted by molar-refractivity contribution is -0.156. The fraction of sp³-hybridized carbons (Fsp3) is 0.300. The highest BCUT2D eigenvalue weighted by molar-refractivity contribution is 5.97. The van der Waals surface area contributed by atoms with Gasteiger partial charge in [-0.25, -0.2) is 0 Å². The highest BCUT2D eigenvalue weighted by Gasteiger charge is 2.35. The number of benzene rings is 2. The predicted molar refractivity (Wildman–Crippen MR) is 94.2 cm³/mol. The van der Waals surface area contributed by atoms with Gasteiger partial charge in [0.1, 0.15) is 5.75 Å². The number of nitrogens with one attached hydrogen (secondary N) is 1. The summed E-state index contributed by atoms with van der Waals surface area (Å²) in [4.78, 5) is 24.9. The number of rotatable bonds is 7. The molecular weight excluding hydrogens is 318 g/mol. The van der Waals surface area contributed by atoms with Crippen LogP contribution in [-0.2, 0) is 14.3 Å². The average molecular weight is 339 g/mol. The number of amides is 1. The zero-order valence-corrected chi connectivity index (χ0v) is 14.1. The van der Waals surface area contributed by atoms with Crippen LogP contribution in [0.5, 0.6) is 5.75 Å². The van der Waals surface area contributed by atoms with E-state index < -0.39 is 12.0 Å². The summed E-state index contributed by atoms with van der Waals surface area (Å²) in [6, 6.07) is 16.2. The highest BCUT2D eigenvalue weighted by Crippen LogP contribution is 2.33. The summed E-state index contributed by atoms with van der Waals surface area (Å²) in [5.41, 5.74) is 1.20. The van der Waals surface area contributed by atoms with Crippen LogP contribution >= 0.6 is 0 Å². The minimum atomic E-state index is -0.982. The lowest BCUT2D eigenvalue weighted by Gasteiger charge is -2.19. The van der Waals surface area contributed by atoms with Crippen molar-refractivity contribution in [1.82, 2.24) is 0 Å². The molecule has 5 heteroatoms. The molecule has 2 aromatic rings. The van der Waals surface area contributed by atoms with Crippen LogP contribution in [-0.4, -0.2) is 18.5 Å². The molecule has 0 unspecified atom stereocenters. The van der Waals surface area contributed by atoms with Crippen LogP contribution in [0.15, 0.2) is 54.6 Å². The first-order chi connectivity index (χ1) is 12.2. The van der Waals surface area contributed by atoms with E-state index in [0.29, 0.717) is 23.6 Å². The van der Waals surface area contributed by atoms with Gasteiger partial charge in [-0.2, -0.15) is 0 Å². The zero-order valence-electron chi connectivity index (χ0n) is 14.1. The Kier molecular flexibility index (Phi) is 5.33. The molecule has 0 heterocycles. The van der Waals surface area contributed by atoms with Gasteiger partial charge in [0.15, 0.2) is 0 Å². The maximum absolute atomic E-state index is 12.8. The van der Waals surface area contributed by atoms with Gasteiger partial charge in [-0.1, -0.05) is 42.5 Å². The maximum atomic E-state index is 12.8. The number of anilines is 1. The molecule has 0 saturated heterocycles. The Morgan fingerprint density at radius 1 is 1.08 bits per heavy atom. The first kappa shape index (κ1) is 17.0. The smallest absolute Gasteiger partial charge is 0.310 e. The number of hydrogen-bond acceptors (Lipinski definition) is 4. The summed E-state index contributed by atoms with van der Waals surface area (Å²) in [5.74, 6) is -0.206. The van der Waals surface area contributed by atoms with Crippen LogP contribution in [0.2, 0.25) is 0 Å². The number of carbonyl (C=O) groups excluding carboxylic acids is 2. The SMILES string of the molecule is CCOc1ccccc1NC(=O)[C@H](OC(=O)C1CC1)c1ccccc1. The second-order valence-corrected chi connectivity index (χ2v) is 5.92. The normalized spacial score (nSPS) is 14.4. The van der Waals surface area contributed by atoms with Crippen molar-refractivity contribution >= 4 is 17.6 Å². The molecule has 1 saturated carbocycles. The van der Waals surface area contributed by atoms with Crippen molar-refractivity contribution in [2.75, 3.05) is 11.9 Å². The van der Waals surface area contributed by atoms with Crippen molar-refractivity contribution in [3.05, 3.63) is 60.2 Å². The Morgan fingerprint density at radius 2 is 1.76 bits per heavy atom. The van der Waals surface area contributed by atoms with E-state index in [4.69, 9.17) is 9.47 Å². The van der Waals surface area contributed by atoms with Crippen molar-refractivity contribution in [1.29, 1.82) is 0 Å². The number of carbonyl (C=O) groups is 2. The van der Waals surface area contributed by atoms with E-state index in [1.165, 1.54) is 0 Å². The summed E-state index contributed by atoms with van der Waals surface area (Å²) in [7, 11) is 0. The summed E-state index contributed by atoms with van der Waals surface area (Å²) in [6.07, 6.45) is 0.675. The molecule has 1 aliphatic rings. The van der Waals surface area contributed by atoms with Gasteiger partial charge in [0, 0.05) is 5.56 Å². The van der Waals surface area contributed by atoms with Crippen molar-refractivity contribution < 1.29 is 19.1 Å². The Hall–Kier alpha value is -2.82. The summed E-state index contributed by atoms with van der Waals surface area (Å²) in [5, 5.41) is 2.82. The molecule has 1 aliphatic carbocycles. The molecule has 0 aliphatic heterocycles. The minimum absolute atomic E-state index is 0.0743. The number of ether oxygens (including phenoxy) is 2. The van der Waals surface area contributed by atoms with Gasteiger partial charge in [-0.3, -0.25) is 9.59 Å². The van der Waals surface area contributed by atoms with E-state index >= 15 is 0 Å². The molecular formula is C20H21NO4. The lowest BCUT2D eigenvalue weighted by atomic mass is 10.1. The molecule has 1 atom stereocenters. The van der Waals surface area contributed by atoms with Crippen LogP contribution in [0.1, 0.15) is 31.4 Å². The Morgan fingerprint density at radius 3 is 2.44 bits per heavy atom. The monoisotopic (exact) mass is 339 g/mol. The number of esters is 1. The molecule has 1 N–H and O–H groups in total. The highest BCUT2D eigenvalue weighted by atomic mass is 16.5. The second-order valence-electron chi connectivity index (χ2n) is 5.92. The number of hydrogen-bond donors (Lipinski definition) is 1. The van der Waals surface area contributed by atoms with E-state index in [9.17, 15) is 9.59 Å². The molecule has 1 fully saturated rings. The first-order valence-corrected chi connectivity index (χ1v) is 8.47. The van der Waals surface area contributed by atoms with Gasteiger partial charge >= 0.3 is 5.97 Å². The number of para-hydroxylation sites is 2. The third-order valence-corrected chi connectivity index (χ3v) is 3.93. The Labute approximate surface area is 147 Å². The largest absolute Gasteiger partial charge is 0.492 e. The van der Waals surface area contributed by atoms with Crippen LogP contribution < -0.4 is 10.1 Å². The maximum Gasteiger partial charge on any atom is 0.310 e. The summed E-state index contributed by atoms with van der Waals surface area (Å²) in [6.45, 7) is 2.37. The van der Waals surface area contributed by atoms with Crippen LogP contribution in [0, 0.1) is 5.92 Å². The predicted octanol–water partition coefficient (Wildman–Crippen LogP) is 3.72. The molecule has 2 aromatic carbocycles. The molecule has 1 amide bonds. The zero-order chi connectivity index (χ0) is 17.6. The van der Waals surface area contributed by atoms with Gasteiger partial charge in [0.2, 0.25) is 6.10 Å². The molecule has 0 spiro atoms. The molecule has 0 bridgehead atoms. The third kappa shape index (κ3) is 4.38. The first-order valence-electron chi connectivity index (χ1n) is 8.47. The molecule has 130 valence electrons. The van der Waals surface area contributed by atoms with E-state index in [0.717, 1.165) is 12.8 Å². The fourth-order valence-corrected chi connectivity index (χ4v) is 2.48. The summed E-state index contributed by atoms with van der Waals surface area (Å²) >= 11 is 0. The molecule has 25 heavy (non-hydrogen) atoms. The van der Waals surface area contributed by atoms with Gasteiger partial charge < -0.3 is 14.8 Å². The van der Waals surface area contributed by atoms with Gasteiger partial charge in [-0.15, -0.1) is 0 Å². The van der Waals surface area contributed by atoms with Crippen LogP contribution in [0.4, 0.5) is 5.69 Å². The standard InChI is InChI=1S/C20H21NO4/c1-2-24-17-11-7-6-10-16(17)21-19(22)18(14-8-4-3-5-9-14)25-20(23)15-12-13-15/h3-11,15,18H,2,12-13H2,1H3,(H,21,22)/t18-/m1/s1.